The number of nitrogens with zero attached hydrogens (tertiary/aromatic N) is 1. The van der Waals surface area contributed by atoms with Crippen LogP contribution < -0.4 is 0 Å². The minimum atomic E-state index is -0.702. The monoisotopic (exact) mass is 535 g/mol. The van der Waals surface area contributed by atoms with Crippen molar-refractivity contribution in [1.82, 2.24) is 4.90 Å². The van der Waals surface area contributed by atoms with E-state index in [4.69, 9.17) is 18.9 Å². The molecule has 1 aliphatic rings. The van der Waals surface area contributed by atoms with Gasteiger partial charge in [0.25, 0.3) is 0 Å². The lowest BCUT2D eigenvalue weighted by Crippen LogP contribution is -2.49. The van der Waals surface area contributed by atoms with E-state index in [2.05, 4.69) is 19.7 Å². The summed E-state index contributed by atoms with van der Waals surface area (Å²) < 4.78 is 79.6. The topological polar surface area (TPSA) is 40.2 Å². The summed E-state index contributed by atoms with van der Waals surface area (Å²) in [5.41, 5.74) is 0.656. The summed E-state index contributed by atoms with van der Waals surface area (Å²) >= 11 is 0. The molecule has 0 unspecified atom stereocenters. The Morgan fingerprint density at radius 3 is 1.37 bits per heavy atom. The quantitative estimate of drug-likeness (QED) is 0.241. The third-order valence-electron chi connectivity index (χ3n) is 5.91. The highest BCUT2D eigenvalue weighted by atomic mass is 19.1. The number of hydrogen-bond donors (Lipinski definition) is 0. The van der Waals surface area contributed by atoms with Gasteiger partial charge in [0, 0.05) is 31.8 Å². The summed E-state index contributed by atoms with van der Waals surface area (Å²) in [6, 6.07) is 6.41. The van der Waals surface area contributed by atoms with Crippen molar-refractivity contribution < 1.29 is 36.5 Å². The maximum Gasteiger partial charge on any atom is 0.126 e. The molecule has 1 heterocycles. The summed E-state index contributed by atoms with van der Waals surface area (Å²) in [4.78, 5) is 2.02. The van der Waals surface area contributed by atoms with E-state index in [9.17, 15) is 17.6 Å². The van der Waals surface area contributed by atoms with Crippen LogP contribution in [0.15, 0.2) is 74.4 Å². The van der Waals surface area contributed by atoms with Crippen molar-refractivity contribution in [3.05, 3.63) is 109 Å². The standard InChI is InChI=1S/C29H33F4NO4/c1-4-7-34-16-26(37-18-20-10-22(30)14-23(31)11-20)28(35-8-5-2)29(36-9-6-3)27(17-34)38-19-21-12-24(32)15-25(33)13-21/h4-6,10-15,26-29H,1-3,7-9,16-19H2/t26-,27-,28+,29+/m0/s1. The molecule has 5 nitrogen and oxygen atoms in total. The summed E-state index contributed by atoms with van der Waals surface area (Å²) in [6.07, 6.45) is 2.32. The predicted octanol–water partition coefficient (Wildman–Crippen LogP) is 5.36. The molecule has 38 heavy (non-hydrogen) atoms. The Hall–Kier alpha value is -2.82. The summed E-state index contributed by atoms with van der Waals surface area (Å²) in [6.45, 7) is 12.7. The van der Waals surface area contributed by atoms with Crippen LogP contribution in [0, 0.1) is 23.3 Å². The molecule has 9 heteroatoms. The van der Waals surface area contributed by atoms with Crippen molar-refractivity contribution in [2.75, 3.05) is 32.8 Å². The van der Waals surface area contributed by atoms with Gasteiger partial charge in [-0.05, 0) is 35.4 Å². The molecule has 2 aromatic rings. The Morgan fingerprint density at radius 1 is 0.632 bits per heavy atom. The van der Waals surface area contributed by atoms with Crippen LogP contribution in [0.2, 0.25) is 0 Å². The van der Waals surface area contributed by atoms with Gasteiger partial charge in [0.2, 0.25) is 0 Å². The molecule has 0 radical (unpaired) electrons. The van der Waals surface area contributed by atoms with Crippen LogP contribution in [0.25, 0.3) is 0 Å². The van der Waals surface area contributed by atoms with Crippen LogP contribution in [-0.4, -0.2) is 62.2 Å². The lowest BCUT2D eigenvalue weighted by Gasteiger charge is -2.34. The van der Waals surface area contributed by atoms with Crippen molar-refractivity contribution in [2.24, 2.45) is 0 Å². The van der Waals surface area contributed by atoms with E-state index >= 15 is 0 Å². The number of ether oxygens (including phenoxy) is 4. The second kappa shape index (κ2) is 14.9. The lowest BCUT2D eigenvalue weighted by atomic mass is 10.0. The highest BCUT2D eigenvalue weighted by Crippen LogP contribution is 2.26. The fraction of sp³-hybridized carbons (Fsp3) is 0.379. The van der Waals surface area contributed by atoms with E-state index in [0.717, 1.165) is 12.1 Å². The number of benzene rings is 2. The Labute approximate surface area is 220 Å². The Kier molecular flexibility index (Phi) is 11.7. The zero-order valence-corrected chi connectivity index (χ0v) is 21.2. The molecular weight excluding hydrogens is 502 g/mol. The first-order valence-electron chi connectivity index (χ1n) is 12.2. The van der Waals surface area contributed by atoms with Gasteiger partial charge < -0.3 is 18.9 Å². The molecule has 206 valence electrons. The maximum absolute atomic E-state index is 13.7. The van der Waals surface area contributed by atoms with Crippen LogP contribution in [-0.2, 0) is 32.2 Å². The van der Waals surface area contributed by atoms with E-state index < -0.39 is 47.7 Å². The molecule has 0 N–H and O–H groups in total. The third-order valence-corrected chi connectivity index (χ3v) is 5.91. The first-order chi connectivity index (χ1) is 18.3. The molecule has 1 saturated heterocycles. The van der Waals surface area contributed by atoms with Crippen LogP contribution in [0.4, 0.5) is 17.6 Å². The lowest BCUT2D eigenvalue weighted by molar-refractivity contribution is -0.164. The normalized spacial score (nSPS) is 22.1. The second-order valence-electron chi connectivity index (χ2n) is 8.93. The van der Waals surface area contributed by atoms with Crippen LogP contribution in [0.5, 0.6) is 0 Å². The number of halogens is 4. The fourth-order valence-electron chi connectivity index (χ4n) is 4.40. The largest absolute Gasteiger partial charge is 0.369 e. The van der Waals surface area contributed by atoms with Gasteiger partial charge in [-0.3, -0.25) is 4.90 Å². The molecule has 2 aromatic carbocycles. The summed E-state index contributed by atoms with van der Waals surface area (Å²) in [7, 11) is 0. The van der Waals surface area contributed by atoms with E-state index in [1.165, 1.54) is 24.3 Å². The number of hydrogen-bond acceptors (Lipinski definition) is 5. The number of likely N-dealkylation sites (tertiary alicyclic amines) is 1. The highest BCUT2D eigenvalue weighted by molar-refractivity contribution is 5.18. The van der Waals surface area contributed by atoms with Crippen molar-refractivity contribution in [3.8, 4) is 0 Å². The predicted molar refractivity (Wildman–Crippen MR) is 136 cm³/mol. The van der Waals surface area contributed by atoms with Gasteiger partial charge in [0.15, 0.2) is 0 Å². The van der Waals surface area contributed by atoms with Crippen molar-refractivity contribution in [2.45, 2.75) is 37.6 Å². The third kappa shape index (κ3) is 8.89. The van der Waals surface area contributed by atoms with E-state index in [0.29, 0.717) is 30.8 Å². The first kappa shape index (κ1) is 29.7. The van der Waals surface area contributed by atoms with Gasteiger partial charge in [-0.2, -0.15) is 0 Å². The molecule has 0 spiro atoms. The van der Waals surface area contributed by atoms with Gasteiger partial charge in [-0.1, -0.05) is 18.2 Å². The molecule has 0 aromatic heterocycles. The van der Waals surface area contributed by atoms with Gasteiger partial charge in [0.1, 0.15) is 35.5 Å². The molecular formula is C29H33F4NO4. The minimum absolute atomic E-state index is 0.0719. The zero-order chi connectivity index (χ0) is 27.5. The van der Waals surface area contributed by atoms with Crippen LogP contribution in [0.1, 0.15) is 11.1 Å². The summed E-state index contributed by atoms with van der Waals surface area (Å²) in [5.74, 6) is -2.81. The fourth-order valence-corrected chi connectivity index (χ4v) is 4.40. The molecule has 0 amide bonds. The highest BCUT2D eigenvalue weighted by Gasteiger charge is 2.42. The SMILES string of the molecule is C=CCO[C@H]1[C@H](OCC=C)[C@@H](OCc2cc(F)cc(F)c2)CN(CC=C)C[C@@H]1OCc1cc(F)cc(F)c1. The second-order valence-corrected chi connectivity index (χ2v) is 8.93. The van der Waals surface area contributed by atoms with Gasteiger partial charge in [0.05, 0.1) is 38.6 Å². The molecule has 3 rings (SSSR count). The first-order valence-corrected chi connectivity index (χ1v) is 12.2. The van der Waals surface area contributed by atoms with Gasteiger partial charge in [-0.25, -0.2) is 17.6 Å². The summed E-state index contributed by atoms with van der Waals surface area (Å²) in [5, 5.41) is 0. The smallest absolute Gasteiger partial charge is 0.126 e. The Balaban J connectivity index is 1.89. The Morgan fingerprint density at radius 2 is 1.03 bits per heavy atom. The average molecular weight is 536 g/mol. The zero-order valence-electron chi connectivity index (χ0n) is 21.2. The van der Waals surface area contributed by atoms with E-state index in [1.54, 1.807) is 18.2 Å². The maximum atomic E-state index is 13.7. The number of rotatable bonds is 14. The van der Waals surface area contributed by atoms with Gasteiger partial charge in [-0.15, -0.1) is 19.7 Å². The molecule has 0 bridgehead atoms. The molecule has 1 aliphatic heterocycles. The molecule has 0 saturated carbocycles. The van der Waals surface area contributed by atoms with Crippen molar-refractivity contribution in [3.63, 3.8) is 0 Å². The molecule has 0 aliphatic carbocycles. The Bertz CT molecular complexity index is 963. The average Bonchev–Trinajstić information content (AvgIpc) is 2.99. The van der Waals surface area contributed by atoms with E-state index in [-0.39, 0.29) is 26.4 Å². The van der Waals surface area contributed by atoms with Crippen LogP contribution >= 0.6 is 0 Å². The van der Waals surface area contributed by atoms with Crippen LogP contribution in [0.3, 0.4) is 0 Å². The molecule has 4 atom stereocenters. The van der Waals surface area contributed by atoms with Crippen molar-refractivity contribution >= 4 is 0 Å². The van der Waals surface area contributed by atoms with Gasteiger partial charge >= 0.3 is 0 Å². The molecule has 1 fully saturated rings. The van der Waals surface area contributed by atoms with Crippen molar-refractivity contribution in [1.29, 1.82) is 0 Å². The minimum Gasteiger partial charge on any atom is -0.369 e. The van der Waals surface area contributed by atoms with E-state index in [1.807, 2.05) is 4.90 Å².